The van der Waals surface area contributed by atoms with E-state index in [2.05, 4.69) is 4.74 Å². The lowest BCUT2D eigenvalue weighted by Crippen LogP contribution is -2.15. The highest BCUT2D eigenvalue weighted by molar-refractivity contribution is 5.69. The molecule has 1 N–H and O–H groups in total. The Labute approximate surface area is 153 Å². The number of carboxylic acid groups (broad SMARTS) is 1. The first-order valence-corrected chi connectivity index (χ1v) is 8.42. The lowest BCUT2D eigenvalue weighted by atomic mass is 10.5. The van der Waals surface area contributed by atoms with Gasteiger partial charge in [0.05, 0.1) is 86.2 Å². The van der Waals surface area contributed by atoms with Gasteiger partial charge in [0.1, 0.15) is 6.61 Å². The number of methoxy groups -OCH3 is 1. The van der Waals surface area contributed by atoms with Crippen molar-refractivity contribution in [2.45, 2.75) is 6.42 Å². The summed E-state index contributed by atoms with van der Waals surface area (Å²) in [5.74, 6) is -1.29. The molecule has 0 aliphatic heterocycles. The molecule has 0 radical (unpaired) electrons. The molecular weight excluding hydrogens is 352 g/mol. The monoisotopic (exact) mass is 382 g/mol. The molecule has 0 aromatic heterocycles. The van der Waals surface area contributed by atoms with Crippen LogP contribution in [0, 0.1) is 0 Å². The molecule has 0 atom stereocenters. The SMILES string of the molecule is COC(=O)CCOCCOCCOCCOCCOCCOCC(=O)O. The van der Waals surface area contributed by atoms with E-state index in [0.29, 0.717) is 66.1 Å². The van der Waals surface area contributed by atoms with Gasteiger partial charge >= 0.3 is 11.9 Å². The van der Waals surface area contributed by atoms with Crippen LogP contribution >= 0.6 is 0 Å². The maximum absolute atomic E-state index is 10.8. The van der Waals surface area contributed by atoms with Crippen LogP contribution in [0.5, 0.6) is 0 Å². The molecule has 0 heterocycles. The fraction of sp³-hybridized carbons (Fsp3) is 0.875. The van der Waals surface area contributed by atoms with Gasteiger partial charge in [-0.15, -0.1) is 0 Å². The molecule has 0 aliphatic rings. The number of carbonyl (C=O) groups excluding carboxylic acids is 1. The van der Waals surface area contributed by atoms with Crippen molar-refractivity contribution in [3.63, 3.8) is 0 Å². The van der Waals surface area contributed by atoms with Crippen LogP contribution in [-0.2, 0) is 42.7 Å². The van der Waals surface area contributed by atoms with Gasteiger partial charge in [0.15, 0.2) is 0 Å². The Kier molecular flexibility index (Phi) is 19.0. The minimum absolute atomic E-state index is 0.239. The van der Waals surface area contributed by atoms with E-state index >= 15 is 0 Å². The van der Waals surface area contributed by atoms with Gasteiger partial charge < -0.3 is 38.3 Å². The molecule has 10 heteroatoms. The normalized spacial score (nSPS) is 10.8. The lowest BCUT2D eigenvalue weighted by Gasteiger charge is -2.08. The van der Waals surface area contributed by atoms with Crippen molar-refractivity contribution in [2.24, 2.45) is 0 Å². The standard InChI is InChI=1S/C16H30O10/c1-20-16(19)2-3-21-4-5-22-6-7-23-8-9-24-10-11-25-12-13-26-14-15(17)18/h2-14H2,1H3,(H,17,18). The summed E-state index contributed by atoms with van der Waals surface area (Å²) in [4.78, 5) is 21.0. The van der Waals surface area contributed by atoms with Crippen LogP contribution in [0.3, 0.4) is 0 Å². The zero-order valence-electron chi connectivity index (χ0n) is 15.3. The average molecular weight is 382 g/mol. The molecule has 0 saturated carbocycles. The van der Waals surface area contributed by atoms with Gasteiger partial charge in [-0.2, -0.15) is 0 Å². The predicted molar refractivity (Wildman–Crippen MR) is 89.2 cm³/mol. The summed E-state index contributed by atoms with van der Waals surface area (Å²) in [6, 6.07) is 0. The number of hydrogen-bond acceptors (Lipinski definition) is 9. The molecule has 0 fully saturated rings. The Morgan fingerprint density at radius 1 is 0.615 bits per heavy atom. The van der Waals surface area contributed by atoms with Gasteiger partial charge in [-0.05, 0) is 0 Å². The van der Waals surface area contributed by atoms with E-state index in [1.54, 1.807) is 0 Å². The molecule has 0 aromatic carbocycles. The molecule has 0 aliphatic carbocycles. The maximum atomic E-state index is 10.8. The number of rotatable bonds is 20. The molecule has 0 aromatic rings. The highest BCUT2D eigenvalue weighted by Crippen LogP contribution is 1.87. The second kappa shape index (κ2) is 20.0. The Balaban J connectivity index is 3.03. The topological polar surface area (TPSA) is 119 Å². The number of carbonyl (C=O) groups is 2. The van der Waals surface area contributed by atoms with Crippen LogP contribution in [0.15, 0.2) is 0 Å². The van der Waals surface area contributed by atoms with E-state index < -0.39 is 5.97 Å². The molecule has 0 amide bonds. The second-order valence-electron chi connectivity index (χ2n) is 4.83. The van der Waals surface area contributed by atoms with Crippen LogP contribution in [-0.4, -0.2) is 103 Å². The smallest absolute Gasteiger partial charge is 0.329 e. The molecule has 0 bridgehead atoms. The molecule has 0 spiro atoms. The Morgan fingerprint density at radius 3 is 1.31 bits per heavy atom. The van der Waals surface area contributed by atoms with Crippen molar-refractivity contribution in [3.05, 3.63) is 0 Å². The number of carboxylic acids is 1. The van der Waals surface area contributed by atoms with E-state index in [1.165, 1.54) is 7.11 Å². The summed E-state index contributed by atoms with van der Waals surface area (Å²) in [5, 5.41) is 8.35. The molecule has 154 valence electrons. The third kappa shape index (κ3) is 20.7. The zero-order valence-corrected chi connectivity index (χ0v) is 15.3. The number of ether oxygens (including phenoxy) is 7. The van der Waals surface area contributed by atoms with Crippen molar-refractivity contribution in [2.75, 3.05) is 86.4 Å². The third-order valence-corrected chi connectivity index (χ3v) is 2.76. The fourth-order valence-electron chi connectivity index (χ4n) is 1.52. The van der Waals surface area contributed by atoms with Gasteiger partial charge in [-0.1, -0.05) is 0 Å². The summed E-state index contributed by atoms with van der Waals surface area (Å²) in [5.41, 5.74) is 0. The lowest BCUT2D eigenvalue weighted by molar-refractivity contribution is -0.143. The first kappa shape index (κ1) is 24.7. The summed E-state index contributed by atoms with van der Waals surface area (Å²) in [6.45, 7) is 4.11. The summed E-state index contributed by atoms with van der Waals surface area (Å²) < 4.78 is 35.6. The van der Waals surface area contributed by atoms with Crippen molar-refractivity contribution in [3.8, 4) is 0 Å². The molecule has 0 saturated heterocycles. The van der Waals surface area contributed by atoms with Gasteiger partial charge in [0, 0.05) is 0 Å². The highest BCUT2D eigenvalue weighted by atomic mass is 16.6. The summed E-state index contributed by atoms with van der Waals surface area (Å²) >= 11 is 0. The average Bonchev–Trinajstić information content (AvgIpc) is 2.63. The largest absolute Gasteiger partial charge is 0.480 e. The fourth-order valence-corrected chi connectivity index (χ4v) is 1.52. The first-order chi connectivity index (χ1) is 12.7. The van der Waals surface area contributed by atoms with Gasteiger partial charge in [-0.3, -0.25) is 4.79 Å². The summed E-state index contributed by atoms with van der Waals surface area (Å²) in [6.07, 6.45) is 0.239. The van der Waals surface area contributed by atoms with Crippen LogP contribution < -0.4 is 0 Å². The van der Waals surface area contributed by atoms with Gasteiger partial charge in [0.25, 0.3) is 0 Å². The second-order valence-corrected chi connectivity index (χ2v) is 4.83. The van der Waals surface area contributed by atoms with Crippen LogP contribution in [0.4, 0.5) is 0 Å². The predicted octanol–water partition coefficient (Wildman–Crippen LogP) is -0.266. The highest BCUT2D eigenvalue weighted by Gasteiger charge is 1.99. The van der Waals surface area contributed by atoms with Gasteiger partial charge in [0.2, 0.25) is 0 Å². The zero-order chi connectivity index (χ0) is 19.3. The molecule has 0 rings (SSSR count). The Morgan fingerprint density at radius 2 is 0.962 bits per heavy atom. The Bertz CT molecular complexity index is 337. The van der Waals surface area contributed by atoms with E-state index in [0.717, 1.165) is 0 Å². The molecule has 26 heavy (non-hydrogen) atoms. The van der Waals surface area contributed by atoms with E-state index in [4.69, 9.17) is 33.5 Å². The summed E-state index contributed by atoms with van der Waals surface area (Å²) in [7, 11) is 1.34. The van der Waals surface area contributed by atoms with E-state index in [1.807, 2.05) is 0 Å². The van der Waals surface area contributed by atoms with Crippen molar-refractivity contribution >= 4 is 11.9 Å². The van der Waals surface area contributed by atoms with Crippen LogP contribution in [0.2, 0.25) is 0 Å². The molecular formula is C16H30O10. The minimum atomic E-state index is -0.997. The number of hydrogen-bond donors (Lipinski definition) is 1. The molecule has 10 nitrogen and oxygen atoms in total. The maximum Gasteiger partial charge on any atom is 0.329 e. The van der Waals surface area contributed by atoms with Gasteiger partial charge in [-0.25, -0.2) is 4.79 Å². The van der Waals surface area contributed by atoms with Crippen molar-refractivity contribution in [1.29, 1.82) is 0 Å². The minimum Gasteiger partial charge on any atom is -0.480 e. The van der Waals surface area contributed by atoms with Crippen LogP contribution in [0.1, 0.15) is 6.42 Å². The van der Waals surface area contributed by atoms with Crippen LogP contribution in [0.25, 0.3) is 0 Å². The Hall–Kier alpha value is -1.30. The van der Waals surface area contributed by atoms with Crippen molar-refractivity contribution in [1.82, 2.24) is 0 Å². The molecule has 0 unspecified atom stereocenters. The van der Waals surface area contributed by atoms with Crippen molar-refractivity contribution < 1.29 is 47.9 Å². The first-order valence-electron chi connectivity index (χ1n) is 8.42. The third-order valence-electron chi connectivity index (χ3n) is 2.76. The number of esters is 1. The van der Waals surface area contributed by atoms with E-state index in [-0.39, 0.29) is 25.6 Å². The van der Waals surface area contributed by atoms with E-state index in [9.17, 15) is 9.59 Å². The quantitative estimate of drug-likeness (QED) is 0.223. The number of aliphatic carboxylic acids is 1.